The highest BCUT2D eigenvalue weighted by Crippen LogP contribution is 1.67. The molecule has 0 aliphatic heterocycles. The molecule has 0 spiro atoms. The van der Waals surface area contributed by atoms with Crippen LogP contribution in [0.15, 0.2) is 0 Å². The maximum Gasteiger partial charge on any atom is 0.303 e. The Morgan fingerprint density at radius 1 is 1.30 bits per heavy atom. The molecule has 0 bridgehead atoms. The van der Waals surface area contributed by atoms with Crippen LogP contribution in [0.5, 0.6) is 0 Å². The first-order valence-corrected chi connectivity index (χ1v) is 3.61. The van der Waals surface area contributed by atoms with Gasteiger partial charge in [0, 0.05) is 6.42 Å². The lowest BCUT2D eigenvalue weighted by atomic mass is 10.5. The Bertz CT molecular complexity index is 72.0. The normalized spacial score (nSPS) is 7.90. The van der Waals surface area contributed by atoms with Crippen molar-refractivity contribution in [2.75, 3.05) is 13.1 Å². The van der Waals surface area contributed by atoms with Crippen LogP contribution in [0, 0.1) is 0 Å². The van der Waals surface area contributed by atoms with E-state index in [1.165, 1.54) is 0 Å². The van der Waals surface area contributed by atoms with E-state index in [0.29, 0.717) is 0 Å². The highest BCUT2D eigenvalue weighted by atomic mass is 16.4. The molecule has 0 aromatic rings. The summed E-state index contributed by atoms with van der Waals surface area (Å²) in [6, 6.07) is 0. The summed E-state index contributed by atoms with van der Waals surface area (Å²) in [7, 11) is 0. The number of carboxylic acid groups (broad SMARTS) is 1. The van der Waals surface area contributed by atoms with Crippen LogP contribution in [0.25, 0.3) is 0 Å². The van der Waals surface area contributed by atoms with Gasteiger partial charge in [-0.15, -0.1) is 0 Å². The smallest absolute Gasteiger partial charge is 0.303 e. The quantitative estimate of drug-likeness (QED) is 0.628. The zero-order valence-electron chi connectivity index (χ0n) is 6.98. The monoisotopic (exact) mass is 147 g/mol. The molecule has 0 fully saturated rings. The summed E-state index contributed by atoms with van der Waals surface area (Å²) in [5.74, 6) is -0.745. The van der Waals surface area contributed by atoms with Gasteiger partial charge >= 0.3 is 5.97 Å². The second-order valence-corrected chi connectivity index (χ2v) is 1.70. The number of aliphatic carboxylic acids is 1. The van der Waals surface area contributed by atoms with E-state index in [1.807, 2.05) is 0 Å². The minimum Gasteiger partial charge on any atom is -0.481 e. The molecule has 0 radical (unpaired) electrons. The van der Waals surface area contributed by atoms with Gasteiger partial charge in [0.1, 0.15) is 0 Å². The molecule has 0 rings (SSSR count). The topological polar surface area (TPSA) is 49.3 Å². The molecule has 62 valence electrons. The van der Waals surface area contributed by atoms with Gasteiger partial charge in [-0.25, -0.2) is 0 Å². The number of hydrogen-bond donors (Lipinski definition) is 2. The van der Waals surface area contributed by atoms with Crippen LogP contribution < -0.4 is 5.32 Å². The fourth-order valence-corrected chi connectivity index (χ4v) is 0.250. The molecule has 3 heteroatoms. The van der Waals surface area contributed by atoms with Gasteiger partial charge in [-0.05, 0) is 13.1 Å². The summed E-state index contributed by atoms with van der Waals surface area (Å²) in [6.07, 6.45) is 0.222. The standard InChI is InChI=1S/C4H11N.C3H6O2/c1-3-5-4-2;1-2-3(4)5/h5H,3-4H2,1-2H3;2H2,1H3,(H,4,5). The summed E-state index contributed by atoms with van der Waals surface area (Å²) in [6.45, 7) is 7.99. The van der Waals surface area contributed by atoms with Gasteiger partial charge in [0.15, 0.2) is 0 Å². The van der Waals surface area contributed by atoms with E-state index in [4.69, 9.17) is 5.11 Å². The molecule has 0 aromatic heterocycles. The van der Waals surface area contributed by atoms with Crippen molar-refractivity contribution in [3.8, 4) is 0 Å². The van der Waals surface area contributed by atoms with Gasteiger partial charge in [-0.2, -0.15) is 0 Å². The van der Waals surface area contributed by atoms with E-state index in [-0.39, 0.29) is 6.42 Å². The Hall–Kier alpha value is -0.570. The van der Waals surface area contributed by atoms with Crippen molar-refractivity contribution >= 4 is 5.97 Å². The molecule has 0 heterocycles. The van der Waals surface area contributed by atoms with Crippen molar-refractivity contribution in [2.45, 2.75) is 27.2 Å². The molecule has 0 amide bonds. The van der Waals surface area contributed by atoms with E-state index in [9.17, 15) is 4.79 Å². The molecule has 10 heavy (non-hydrogen) atoms. The number of nitrogens with one attached hydrogen (secondary N) is 1. The van der Waals surface area contributed by atoms with E-state index in [2.05, 4.69) is 19.2 Å². The third-order valence-corrected chi connectivity index (χ3v) is 0.802. The van der Waals surface area contributed by atoms with Crippen molar-refractivity contribution in [3.05, 3.63) is 0 Å². The third-order valence-electron chi connectivity index (χ3n) is 0.802. The molecule has 0 saturated carbocycles. The second-order valence-electron chi connectivity index (χ2n) is 1.70. The number of carboxylic acids is 1. The van der Waals surface area contributed by atoms with Gasteiger partial charge in [0.2, 0.25) is 0 Å². The van der Waals surface area contributed by atoms with E-state index >= 15 is 0 Å². The largest absolute Gasteiger partial charge is 0.481 e. The van der Waals surface area contributed by atoms with Gasteiger partial charge in [-0.1, -0.05) is 20.8 Å². The van der Waals surface area contributed by atoms with Crippen molar-refractivity contribution in [3.63, 3.8) is 0 Å². The van der Waals surface area contributed by atoms with Crippen LogP contribution in [0.3, 0.4) is 0 Å². The Labute approximate surface area is 62.4 Å². The molecule has 0 unspecified atom stereocenters. The summed E-state index contributed by atoms with van der Waals surface area (Å²) in [5.41, 5.74) is 0. The predicted molar refractivity (Wildman–Crippen MR) is 42.1 cm³/mol. The average molecular weight is 147 g/mol. The average Bonchev–Trinajstić information content (AvgIpc) is 1.91. The molecular weight excluding hydrogens is 130 g/mol. The summed E-state index contributed by atoms with van der Waals surface area (Å²) in [4.78, 5) is 9.37. The van der Waals surface area contributed by atoms with Crippen molar-refractivity contribution in [1.82, 2.24) is 5.32 Å². The Kier molecular flexibility index (Phi) is 13.7. The first kappa shape index (κ1) is 12.1. The predicted octanol–water partition coefficient (Wildman–Crippen LogP) is 1.10. The summed E-state index contributed by atoms with van der Waals surface area (Å²) >= 11 is 0. The van der Waals surface area contributed by atoms with Gasteiger partial charge < -0.3 is 10.4 Å². The van der Waals surface area contributed by atoms with Crippen LogP contribution in [0.4, 0.5) is 0 Å². The molecule has 2 N–H and O–H groups in total. The van der Waals surface area contributed by atoms with Crippen LogP contribution in [-0.2, 0) is 4.79 Å². The molecule has 3 nitrogen and oxygen atoms in total. The van der Waals surface area contributed by atoms with Crippen LogP contribution in [0.1, 0.15) is 27.2 Å². The SMILES string of the molecule is CCC(=O)O.CCNCC. The number of carbonyl (C=O) groups is 1. The second kappa shape index (κ2) is 11.3. The highest BCUT2D eigenvalue weighted by Gasteiger charge is 1.80. The molecule has 0 aliphatic carbocycles. The lowest BCUT2D eigenvalue weighted by Crippen LogP contribution is -2.09. The fraction of sp³-hybridized carbons (Fsp3) is 0.857. The minimum atomic E-state index is -0.745. The maximum absolute atomic E-state index is 9.37. The minimum absolute atomic E-state index is 0.222. The molecular formula is C7H17NO2. The molecule has 0 atom stereocenters. The van der Waals surface area contributed by atoms with Crippen LogP contribution in [0.2, 0.25) is 0 Å². The van der Waals surface area contributed by atoms with Crippen molar-refractivity contribution in [2.24, 2.45) is 0 Å². The number of hydrogen-bond acceptors (Lipinski definition) is 2. The Morgan fingerprint density at radius 2 is 1.60 bits per heavy atom. The van der Waals surface area contributed by atoms with E-state index in [0.717, 1.165) is 13.1 Å². The molecule has 0 saturated heterocycles. The third kappa shape index (κ3) is 26.1. The first-order chi connectivity index (χ1) is 4.68. The van der Waals surface area contributed by atoms with Crippen LogP contribution in [-0.4, -0.2) is 24.2 Å². The van der Waals surface area contributed by atoms with Gasteiger partial charge in [0.05, 0.1) is 0 Å². The van der Waals surface area contributed by atoms with Gasteiger partial charge in [0.25, 0.3) is 0 Å². The lowest BCUT2D eigenvalue weighted by molar-refractivity contribution is -0.136. The van der Waals surface area contributed by atoms with Crippen molar-refractivity contribution < 1.29 is 9.90 Å². The zero-order chi connectivity index (χ0) is 8.41. The van der Waals surface area contributed by atoms with E-state index < -0.39 is 5.97 Å². The highest BCUT2D eigenvalue weighted by molar-refractivity contribution is 5.66. The summed E-state index contributed by atoms with van der Waals surface area (Å²) < 4.78 is 0. The van der Waals surface area contributed by atoms with Gasteiger partial charge in [-0.3, -0.25) is 4.79 Å². The molecule has 0 aliphatic rings. The summed E-state index contributed by atoms with van der Waals surface area (Å²) in [5, 5.41) is 10.8. The van der Waals surface area contributed by atoms with Crippen molar-refractivity contribution in [1.29, 1.82) is 0 Å². The zero-order valence-corrected chi connectivity index (χ0v) is 6.98. The fourth-order valence-electron chi connectivity index (χ4n) is 0.250. The number of rotatable bonds is 3. The Morgan fingerprint density at radius 3 is 1.60 bits per heavy atom. The molecule has 0 aromatic carbocycles. The van der Waals surface area contributed by atoms with Crippen LogP contribution >= 0.6 is 0 Å². The Balaban J connectivity index is 0. The lowest BCUT2D eigenvalue weighted by Gasteiger charge is -1.86. The first-order valence-electron chi connectivity index (χ1n) is 3.61. The van der Waals surface area contributed by atoms with E-state index in [1.54, 1.807) is 6.92 Å². The maximum atomic E-state index is 9.37.